The van der Waals surface area contributed by atoms with E-state index >= 15 is 0 Å². The minimum Gasteiger partial charge on any atom is -0.496 e. The average molecular weight is 209 g/mol. The molecule has 0 fully saturated rings. The molecule has 0 atom stereocenters. The molecular weight excluding hydrogens is 190 g/mol. The molecule has 1 aromatic carbocycles. The van der Waals surface area contributed by atoms with Gasteiger partial charge in [0.15, 0.2) is 0 Å². The zero-order chi connectivity index (χ0) is 11.3. The van der Waals surface area contributed by atoms with Crippen molar-refractivity contribution >= 4 is 0 Å². The summed E-state index contributed by atoms with van der Waals surface area (Å²) in [5.74, 6) is 1.73. The Hall–Kier alpha value is -1.22. The predicted octanol–water partition coefficient (Wildman–Crippen LogP) is 1.94. The van der Waals surface area contributed by atoms with Gasteiger partial charge < -0.3 is 14.4 Å². The van der Waals surface area contributed by atoms with Gasteiger partial charge in [-0.1, -0.05) is 6.07 Å². The topological polar surface area (TPSA) is 21.7 Å². The van der Waals surface area contributed by atoms with Crippen LogP contribution in [0.25, 0.3) is 0 Å². The summed E-state index contributed by atoms with van der Waals surface area (Å²) in [6.45, 7) is 3.62. The van der Waals surface area contributed by atoms with E-state index in [1.54, 1.807) is 7.11 Å². The van der Waals surface area contributed by atoms with Gasteiger partial charge in [-0.05, 0) is 32.6 Å². The van der Waals surface area contributed by atoms with E-state index in [1.807, 2.05) is 39.2 Å². The SMILES string of the molecule is COc1cc(OCCN(C)C)ccc1C. The van der Waals surface area contributed by atoms with Crippen LogP contribution in [-0.2, 0) is 0 Å². The van der Waals surface area contributed by atoms with Gasteiger partial charge in [0.25, 0.3) is 0 Å². The predicted molar refractivity (Wildman–Crippen MR) is 61.8 cm³/mol. The highest BCUT2D eigenvalue weighted by molar-refractivity contribution is 5.39. The third kappa shape index (κ3) is 3.80. The summed E-state index contributed by atoms with van der Waals surface area (Å²) in [6.07, 6.45) is 0. The fourth-order valence-corrected chi connectivity index (χ4v) is 1.24. The lowest BCUT2D eigenvalue weighted by molar-refractivity contribution is 0.260. The maximum Gasteiger partial charge on any atom is 0.125 e. The Balaban J connectivity index is 2.54. The van der Waals surface area contributed by atoms with Crippen molar-refractivity contribution in [2.45, 2.75) is 6.92 Å². The largest absolute Gasteiger partial charge is 0.496 e. The lowest BCUT2D eigenvalue weighted by Gasteiger charge is -2.12. The Kier molecular flexibility index (Phi) is 4.43. The van der Waals surface area contributed by atoms with Crippen molar-refractivity contribution in [2.75, 3.05) is 34.4 Å². The number of likely N-dealkylation sites (N-methyl/N-ethyl adjacent to an activating group) is 1. The van der Waals surface area contributed by atoms with Gasteiger partial charge in [0.05, 0.1) is 7.11 Å². The first-order chi connectivity index (χ1) is 7.13. The van der Waals surface area contributed by atoms with Crippen molar-refractivity contribution in [1.29, 1.82) is 0 Å². The molecule has 0 N–H and O–H groups in total. The Morgan fingerprint density at radius 1 is 1.27 bits per heavy atom. The van der Waals surface area contributed by atoms with Crippen LogP contribution in [0.3, 0.4) is 0 Å². The summed E-state index contributed by atoms with van der Waals surface area (Å²) in [5.41, 5.74) is 1.12. The Morgan fingerprint density at radius 2 is 2.00 bits per heavy atom. The monoisotopic (exact) mass is 209 g/mol. The van der Waals surface area contributed by atoms with E-state index < -0.39 is 0 Å². The quantitative estimate of drug-likeness (QED) is 0.739. The van der Waals surface area contributed by atoms with Crippen molar-refractivity contribution in [2.24, 2.45) is 0 Å². The van der Waals surface area contributed by atoms with E-state index in [0.29, 0.717) is 6.61 Å². The van der Waals surface area contributed by atoms with Gasteiger partial charge in [0.1, 0.15) is 18.1 Å². The zero-order valence-corrected chi connectivity index (χ0v) is 9.91. The van der Waals surface area contributed by atoms with Crippen LogP contribution >= 0.6 is 0 Å². The summed E-state index contributed by atoms with van der Waals surface area (Å²) in [7, 11) is 5.73. The molecule has 0 saturated heterocycles. The van der Waals surface area contributed by atoms with Crippen molar-refractivity contribution in [3.05, 3.63) is 23.8 Å². The van der Waals surface area contributed by atoms with Crippen LogP contribution in [0.15, 0.2) is 18.2 Å². The van der Waals surface area contributed by atoms with Crippen LogP contribution in [0.1, 0.15) is 5.56 Å². The summed E-state index contributed by atoms with van der Waals surface area (Å²) >= 11 is 0. The Bertz CT molecular complexity index is 310. The molecule has 0 radical (unpaired) electrons. The van der Waals surface area contributed by atoms with Gasteiger partial charge in [0.2, 0.25) is 0 Å². The van der Waals surface area contributed by atoms with Crippen LogP contribution in [-0.4, -0.2) is 39.3 Å². The standard InChI is InChI=1S/C12H19NO2/c1-10-5-6-11(9-12(10)14-4)15-8-7-13(2)3/h5-6,9H,7-8H2,1-4H3. The minimum atomic E-state index is 0.694. The highest BCUT2D eigenvalue weighted by Crippen LogP contribution is 2.23. The van der Waals surface area contributed by atoms with Crippen molar-refractivity contribution in [3.8, 4) is 11.5 Å². The molecule has 0 aliphatic rings. The highest BCUT2D eigenvalue weighted by Gasteiger charge is 2.01. The van der Waals surface area contributed by atoms with Crippen LogP contribution in [0.2, 0.25) is 0 Å². The van der Waals surface area contributed by atoms with E-state index in [0.717, 1.165) is 23.6 Å². The summed E-state index contributed by atoms with van der Waals surface area (Å²) < 4.78 is 10.8. The number of nitrogens with zero attached hydrogens (tertiary/aromatic N) is 1. The van der Waals surface area contributed by atoms with Crippen molar-refractivity contribution in [1.82, 2.24) is 4.90 Å². The van der Waals surface area contributed by atoms with E-state index in [-0.39, 0.29) is 0 Å². The number of rotatable bonds is 5. The maximum atomic E-state index is 5.59. The van der Waals surface area contributed by atoms with Gasteiger partial charge in [-0.15, -0.1) is 0 Å². The first-order valence-corrected chi connectivity index (χ1v) is 5.05. The molecule has 0 aromatic heterocycles. The molecule has 1 aromatic rings. The molecule has 3 nitrogen and oxygen atoms in total. The third-order valence-corrected chi connectivity index (χ3v) is 2.19. The third-order valence-electron chi connectivity index (χ3n) is 2.19. The molecule has 84 valence electrons. The van der Waals surface area contributed by atoms with Gasteiger partial charge in [-0.25, -0.2) is 0 Å². The molecule has 0 unspecified atom stereocenters. The Morgan fingerprint density at radius 3 is 2.60 bits per heavy atom. The maximum absolute atomic E-state index is 5.59. The summed E-state index contributed by atoms with van der Waals surface area (Å²) in [5, 5.41) is 0. The second-order valence-electron chi connectivity index (χ2n) is 3.78. The normalized spacial score (nSPS) is 10.5. The molecule has 1 rings (SSSR count). The number of ether oxygens (including phenoxy) is 2. The molecular formula is C12H19NO2. The van der Waals surface area contributed by atoms with E-state index in [2.05, 4.69) is 4.90 Å². The molecule has 0 heterocycles. The number of hydrogen-bond donors (Lipinski definition) is 0. The van der Waals surface area contributed by atoms with Crippen LogP contribution in [0.4, 0.5) is 0 Å². The summed E-state index contributed by atoms with van der Waals surface area (Å²) in [6, 6.07) is 5.89. The average Bonchev–Trinajstić information content (AvgIpc) is 2.20. The van der Waals surface area contributed by atoms with Gasteiger partial charge in [-0.3, -0.25) is 0 Å². The van der Waals surface area contributed by atoms with E-state index in [9.17, 15) is 0 Å². The number of hydrogen-bond acceptors (Lipinski definition) is 3. The second kappa shape index (κ2) is 5.61. The first kappa shape index (κ1) is 11.9. The van der Waals surface area contributed by atoms with Crippen molar-refractivity contribution in [3.63, 3.8) is 0 Å². The van der Waals surface area contributed by atoms with Gasteiger partial charge in [-0.2, -0.15) is 0 Å². The molecule has 15 heavy (non-hydrogen) atoms. The number of benzene rings is 1. The first-order valence-electron chi connectivity index (χ1n) is 5.05. The fraction of sp³-hybridized carbons (Fsp3) is 0.500. The van der Waals surface area contributed by atoms with Crippen LogP contribution in [0.5, 0.6) is 11.5 Å². The molecule has 0 aliphatic carbocycles. The fourth-order valence-electron chi connectivity index (χ4n) is 1.24. The molecule has 0 bridgehead atoms. The smallest absolute Gasteiger partial charge is 0.125 e. The zero-order valence-electron chi connectivity index (χ0n) is 9.91. The van der Waals surface area contributed by atoms with E-state index in [1.165, 1.54) is 0 Å². The lowest BCUT2D eigenvalue weighted by atomic mass is 10.2. The number of aryl methyl sites for hydroxylation is 1. The Labute approximate surface area is 91.6 Å². The highest BCUT2D eigenvalue weighted by atomic mass is 16.5. The van der Waals surface area contributed by atoms with Gasteiger partial charge >= 0.3 is 0 Å². The van der Waals surface area contributed by atoms with Crippen LogP contribution in [0, 0.1) is 6.92 Å². The second-order valence-corrected chi connectivity index (χ2v) is 3.78. The number of methoxy groups -OCH3 is 1. The van der Waals surface area contributed by atoms with Crippen molar-refractivity contribution < 1.29 is 9.47 Å². The molecule has 0 saturated carbocycles. The lowest BCUT2D eigenvalue weighted by Crippen LogP contribution is -2.19. The summed E-state index contributed by atoms with van der Waals surface area (Å²) in [4.78, 5) is 2.09. The molecule has 0 amide bonds. The molecule has 0 aliphatic heterocycles. The molecule has 0 spiro atoms. The van der Waals surface area contributed by atoms with Crippen LogP contribution < -0.4 is 9.47 Å². The molecule has 3 heteroatoms. The van der Waals surface area contributed by atoms with E-state index in [4.69, 9.17) is 9.47 Å². The minimum absolute atomic E-state index is 0.694. The van der Waals surface area contributed by atoms with Gasteiger partial charge in [0, 0.05) is 12.6 Å².